The molecule has 0 atom stereocenters. The predicted octanol–water partition coefficient (Wildman–Crippen LogP) is 2.26. The summed E-state index contributed by atoms with van der Waals surface area (Å²) in [5, 5.41) is 7.49. The van der Waals surface area contributed by atoms with Crippen molar-refractivity contribution in [3.05, 3.63) is 41.7 Å². The molecule has 0 radical (unpaired) electrons. The van der Waals surface area contributed by atoms with Crippen LogP contribution in [-0.4, -0.2) is 53.9 Å². The lowest BCUT2D eigenvalue weighted by Crippen LogP contribution is -2.50. The zero-order chi connectivity index (χ0) is 17.9. The van der Waals surface area contributed by atoms with Crippen molar-refractivity contribution in [3.8, 4) is 11.4 Å². The zero-order valence-electron chi connectivity index (χ0n) is 15.3. The standard InChI is InChI=1S/C18H26N4O2/c1-13-11-16(17(23)19-18(2,3)12-21(4)5)20-22(13)14-7-9-15(24-6)10-8-14/h7-11H,12H2,1-6H3,(H,19,23). The lowest BCUT2D eigenvalue weighted by atomic mass is 10.1. The van der Waals surface area contributed by atoms with E-state index in [4.69, 9.17) is 4.74 Å². The van der Waals surface area contributed by atoms with Crippen molar-refractivity contribution >= 4 is 5.91 Å². The Balaban J connectivity index is 2.19. The second kappa shape index (κ2) is 7.05. The molecule has 24 heavy (non-hydrogen) atoms. The summed E-state index contributed by atoms with van der Waals surface area (Å²) in [6.07, 6.45) is 0. The molecule has 0 aliphatic heterocycles. The van der Waals surface area contributed by atoms with Crippen molar-refractivity contribution in [2.45, 2.75) is 26.3 Å². The summed E-state index contributed by atoms with van der Waals surface area (Å²) in [4.78, 5) is 14.6. The molecule has 0 saturated heterocycles. The Morgan fingerprint density at radius 1 is 1.29 bits per heavy atom. The van der Waals surface area contributed by atoms with Crippen molar-refractivity contribution in [3.63, 3.8) is 0 Å². The molecule has 0 fully saturated rings. The van der Waals surface area contributed by atoms with Crippen molar-refractivity contribution < 1.29 is 9.53 Å². The number of hydrogen-bond donors (Lipinski definition) is 1. The molecule has 1 aromatic heterocycles. The third-order valence-corrected chi connectivity index (χ3v) is 3.60. The van der Waals surface area contributed by atoms with Crippen LogP contribution in [0.3, 0.4) is 0 Å². The van der Waals surface area contributed by atoms with E-state index in [9.17, 15) is 4.79 Å². The summed E-state index contributed by atoms with van der Waals surface area (Å²) < 4.78 is 6.92. The van der Waals surface area contributed by atoms with Gasteiger partial charge in [0.05, 0.1) is 12.8 Å². The van der Waals surface area contributed by atoms with Gasteiger partial charge in [-0.05, 0) is 65.2 Å². The van der Waals surface area contributed by atoms with E-state index in [1.165, 1.54) is 0 Å². The second-order valence-electron chi connectivity index (χ2n) is 6.86. The van der Waals surface area contributed by atoms with Crippen LogP contribution in [0.25, 0.3) is 5.69 Å². The minimum absolute atomic E-state index is 0.169. The molecule has 1 heterocycles. The largest absolute Gasteiger partial charge is 0.497 e. The quantitative estimate of drug-likeness (QED) is 0.883. The van der Waals surface area contributed by atoms with Gasteiger partial charge in [-0.15, -0.1) is 0 Å². The molecule has 0 spiro atoms. The molecule has 2 aromatic rings. The number of amides is 1. The third kappa shape index (κ3) is 4.35. The van der Waals surface area contributed by atoms with Crippen molar-refractivity contribution in [1.82, 2.24) is 20.0 Å². The number of carbonyl (C=O) groups excluding carboxylic acids is 1. The number of rotatable bonds is 6. The number of nitrogens with zero attached hydrogens (tertiary/aromatic N) is 3. The number of hydrogen-bond acceptors (Lipinski definition) is 4. The molecule has 1 amide bonds. The van der Waals surface area contributed by atoms with Crippen molar-refractivity contribution in [2.24, 2.45) is 0 Å². The van der Waals surface area contributed by atoms with E-state index in [-0.39, 0.29) is 11.4 Å². The highest BCUT2D eigenvalue weighted by Crippen LogP contribution is 2.17. The van der Waals surface area contributed by atoms with Crippen molar-refractivity contribution in [1.29, 1.82) is 0 Å². The number of ether oxygens (including phenoxy) is 1. The second-order valence-corrected chi connectivity index (χ2v) is 6.86. The van der Waals surface area contributed by atoms with Crippen LogP contribution < -0.4 is 10.1 Å². The lowest BCUT2D eigenvalue weighted by molar-refractivity contribution is 0.0894. The molecule has 1 aromatic carbocycles. The van der Waals surface area contributed by atoms with Crippen LogP contribution in [0.1, 0.15) is 30.0 Å². The van der Waals surface area contributed by atoms with Gasteiger partial charge >= 0.3 is 0 Å². The summed E-state index contributed by atoms with van der Waals surface area (Å²) >= 11 is 0. The maximum absolute atomic E-state index is 12.5. The first-order valence-electron chi connectivity index (χ1n) is 7.90. The van der Waals surface area contributed by atoms with E-state index < -0.39 is 0 Å². The molecule has 2 rings (SSSR count). The van der Waals surface area contributed by atoms with Gasteiger partial charge in [-0.3, -0.25) is 4.79 Å². The van der Waals surface area contributed by atoms with Gasteiger partial charge in [-0.2, -0.15) is 5.10 Å². The Morgan fingerprint density at radius 2 is 1.92 bits per heavy atom. The number of aryl methyl sites for hydroxylation is 1. The molecule has 0 unspecified atom stereocenters. The third-order valence-electron chi connectivity index (χ3n) is 3.60. The molecule has 0 bridgehead atoms. The summed E-state index contributed by atoms with van der Waals surface area (Å²) in [6, 6.07) is 9.37. The Labute approximate surface area is 143 Å². The van der Waals surface area contributed by atoms with Crippen LogP contribution >= 0.6 is 0 Å². The maximum Gasteiger partial charge on any atom is 0.272 e. The molecular formula is C18H26N4O2. The maximum atomic E-state index is 12.5. The number of likely N-dealkylation sites (N-methyl/N-ethyl adjacent to an activating group) is 1. The van der Waals surface area contributed by atoms with Gasteiger partial charge in [-0.25, -0.2) is 4.68 Å². The van der Waals surface area contributed by atoms with Crippen LogP contribution in [0.15, 0.2) is 30.3 Å². The number of benzene rings is 1. The number of nitrogens with one attached hydrogen (secondary N) is 1. The number of carbonyl (C=O) groups is 1. The molecule has 0 aliphatic carbocycles. The average Bonchev–Trinajstić information content (AvgIpc) is 2.87. The van der Waals surface area contributed by atoms with E-state index in [1.54, 1.807) is 17.9 Å². The van der Waals surface area contributed by atoms with Gasteiger partial charge in [0, 0.05) is 17.8 Å². The van der Waals surface area contributed by atoms with Crippen molar-refractivity contribution in [2.75, 3.05) is 27.7 Å². The molecule has 130 valence electrons. The fourth-order valence-corrected chi connectivity index (χ4v) is 2.77. The topological polar surface area (TPSA) is 59.4 Å². The summed E-state index contributed by atoms with van der Waals surface area (Å²) in [5.41, 5.74) is 1.86. The number of aromatic nitrogens is 2. The molecule has 0 aliphatic rings. The van der Waals surface area contributed by atoms with E-state index in [1.807, 2.05) is 64.0 Å². The molecule has 6 nitrogen and oxygen atoms in total. The molecule has 0 saturated carbocycles. The van der Waals surface area contributed by atoms with Gasteiger partial charge in [0.25, 0.3) is 5.91 Å². The SMILES string of the molecule is COc1ccc(-n2nc(C(=O)NC(C)(C)CN(C)C)cc2C)cc1. The Bertz CT molecular complexity index is 702. The summed E-state index contributed by atoms with van der Waals surface area (Å²) in [6.45, 7) is 6.67. The van der Waals surface area contributed by atoms with Gasteiger partial charge in [0.2, 0.25) is 0 Å². The van der Waals surface area contributed by atoms with Crippen LogP contribution in [-0.2, 0) is 0 Å². The van der Waals surface area contributed by atoms with E-state index >= 15 is 0 Å². The van der Waals surface area contributed by atoms with E-state index in [2.05, 4.69) is 10.4 Å². The number of methoxy groups -OCH3 is 1. The fourth-order valence-electron chi connectivity index (χ4n) is 2.77. The smallest absolute Gasteiger partial charge is 0.272 e. The van der Waals surface area contributed by atoms with Crippen LogP contribution in [0.2, 0.25) is 0 Å². The summed E-state index contributed by atoms with van der Waals surface area (Å²) in [5.74, 6) is 0.615. The van der Waals surface area contributed by atoms with Crippen LogP contribution in [0.5, 0.6) is 5.75 Å². The fraction of sp³-hybridized carbons (Fsp3) is 0.444. The van der Waals surface area contributed by atoms with Crippen LogP contribution in [0.4, 0.5) is 0 Å². The Kier molecular flexibility index (Phi) is 5.29. The highest BCUT2D eigenvalue weighted by molar-refractivity contribution is 5.93. The first-order valence-corrected chi connectivity index (χ1v) is 7.90. The minimum Gasteiger partial charge on any atom is -0.497 e. The first-order chi connectivity index (χ1) is 11.2. The van der Waals surface area contributed by atoms with Crippen LogP contribution in [0, 0.1) is 6.92 Å². The average molecular weight is 330 g/mol. The first kappa shape index (κ1) is 18.0. The molecule has 6 heteroatoms. The van der Waals surface area contributed by atoms with Gasteiger partial charge in [0.1, 0.15) is 5.75 Å². The van der Waals surface area contributed by atoms with E-state index in [0.717, 1.165) is 23.7 Å². The molecular weight excluding hydrogens is 304 g/mol. The zero-order valence-corrected chi connectivity index (χ0v) is 15.3. The monoisotopic (exact) mass is 330 g/mol. The Morgan fingerprint density at radius 3 is 2.46 bits per heavy atom. The summed E-state index contributed by atoms with van der Waals surface area (Å²) in [7, 11) is 5.60. The lowest BCUT2D eigenvalue weighted by Gasteiger charge is -2.29. The molecule has 1 N–H and O–H groups in total. The van der Waals surface area contributed by atoms with Gasteiger partial charge in [0.15, 0.2) is 5.69 Å². The predicted molar refractivity (Wildman–Crippen MR) is 95.0 cm³/mol. The van der Waals surface area contributed by atoms with Gasteiger partial charge < -0.3 is 15.0 Å². The van der Waals surface area contributed by atoms with E-state index in [0.29, 0.717) is 5.69 Å². The van der Waals surface area contributed by atoms with Gasteiger partial charge in [-0.1, -0.05) is 0 Å². The Hall–Kier alpha value is -2.34. The highest BCUT2D eigenvalue weighted by Gasteiger charge is 2.23. The normalized spacial score (nSPS) is 11.6. The highest BCUT2D eigenvalue weighted by atomic mass is 16.5. The minimum atomic E-state index is -0.335.